The van der Waals surface area contributed by atoms with Gasteiger partial charge in [-0.1, -0.05) is 37.8 Å². The summed E-state index contributed by atoms with van der Waals surface area (Å²) in [7, 11) is 4.32. The van der Waals surface area contributed by atoms with Crippen LogP contribution in [0, 0.1) is 0 Å². The number of hydrogen-bond donors (Lipinski definition) is 2. The molecule has 1 aliphatic rings. The van der Waals surface area contributed by atoms with Gasteiger partial charge in [-0.15, -0.1) is 0 Å². The number of likely N-dealkylation sites (N-methyl/N-ethyl adjacent to an activating group) is 1. The molecule has 1 atom stereocenters. The first kappa shape index (κ1) is 15.3. The number of nitrogens with two attached hydrogens (primary N) is 1. The van der Waals surface area contributed by atoms with Gasteiger partial charge in [-0.3, -0.25) is 0 Å². The first-order valence-corrected chi connectivity index (χ1v) is 7.75. The van der Waals surface area contributed by atoms with Crippen molar-refractivity contribution in [2.45, 2.75) is 56.5 Å². The van der Waals surface area contributed by atoms with Crippen molar-refractivity contribution in [2.75, 3.05) is 14.1 Å². The molecule has 0 aromatic heterocycles. The number of hydrogen-bond acceptors (Lipinski definition) is 3. The first-order valence-electron chi connectivity index (χ1n) is 7.75. The third kappa shape index (κ3) is 3.33. The molecule has 3 nitrogen and oxygen atoms in total. The summed E-state index contributed by atoms with van der Waals surface area (Å²) in [5.41, 5.74) is 7.84. The summed E-state index contributed by atoms with van der Waals surface area (Å²) < 4.78 is 0. The van der Waals surface area contributed by atoms with E-state index >= 15 is 0 Å². The zero-order chi connectivity index (χ0) is 14.6. The van der Waals surface area contributed by atoms with Crippen LogP contribution in [-0.4, -0.2) is 35.7 Å². The highest BCUT2D eigenvalue weighted by atomic mass is 16.3. The zero-order valence-corrected chi connectivity index (χ0v) is 12.8. The molecule has 0 spiro atoms. The first-order chi connectivity index (χ1) is 9.54. The number of aromatic hydroxyl groups is 1. The monoisotopic (exact) mass is 276 g/mol. The normalized spacial score (nSPS) is 20.6. The molecule has 1 aliphatic carbocycles. The van der Waals surface area contributed by atoms with Crippen molar-refractivity contribution in [3.63, 3.8) is 0 Å². The van der Waals surface area contributed by atoms with Crippen molar-refractivity contribution in [1.29, 1.82) is 0 Å². The van der Waals surface area contributed by atoms with E-state index in [-0.39, 0.29) is 11.6 Å². The lowest BCUT2D eigenvalue weighted by molar-refractivity contribution is 0.0968. The van der Waals surface area contributed by atoms with E-state index < -0.39 is 0 Å². The third-order valence-electron chi connectivity index (χ3n) is 4.92. The molecular formula is C17H28N2O. The summed E-state index contributed by atoms with van der Waals surface area (Å²) in [5, 5.41) is 9.60. The van der Waals surface area contributed by atoms with Crippen LogP contribution in [0.5, 0.6) is 5.75 Å². The van der Waals surface area contributed by atoms with Crippen LogP contribution in [0.25, 0.3) is 0 Å². The third-order valence-corrected chi connectivity index (χ3v) is 4.92. The number of benzene rings is 1. The molecule has 0 amide bonds. The van der Waals surface area contributed by atoms with Crippen LogP contribution in [0.3, 0.4) is 0 Å². The Kier molecular flexibility index (Phi) is 5.06. The standard InChI is InChI=1S/C17H28N2O/c1-19(2)17(10-5-3-4-6-11-17)16(18)13-14-8-7-9-15(20)12-14/h7-9,12,16,20H,3-6,10-11,13,18H2,1-2H3. The predicted molar refractivity (Wildman–Crippen MR) is 83.9 cm³/mol. The molecule has 1 saturated carbocycles. The molecule has 1 aromatic carbocycles. The van der Waals surface area contributed by atoms with E-state index in [4.69, 9.17) is 5.73 Å². The van der Waals surface area contributed by atoms with E-state index in [1.807, 2.05) is 12.1 Å². The van der Waals surface area contributed by atoms with Gasteiger partial charge in [-0.25, -0.2) is 0 Å². The van der Waals surface area contributed by atoms with Crippen molar-refractivity contribution in [2.24, 2.45) is 5.73 Å². The van der Waals surface area contributed by atoms with Gasteiger partial charge < -0.3 is 15.7 Å². The lowest BCUT2D eigenvalue weighted by Crippen LogP contribution is -2.58. The smallest absolute Gasteiger partial charge is 0.115 e. The fourth-order valence-corrected chi connectivity index (χ4v) is 3.62. The minimum atomic E-state index is 0.0992. The molecule has 3 heteroatoms. The van der Waals surface area contributed by atoms with E-state index in [1.165, 1.54) is 38.5 Å². The molecule has 0 bridgehead atoms. The number of nitrogens with zero attached hydrogens (tertiary/aromatic N) is 1. The molecular weight excluding hydrogens is 248 g/mol. The lowest BCUT2D eigenvalue weighted by atomic mass is 9.79. The van der Waals surface area contributed by atoms with E-state index in [0.29, 0.717) is 5.75 Å². The molecule has 0 saturated heterocycles. The van der Waals surface area contributed by atoms with Crippen molar-refractivity contribution in [3.8, 4) is 5.75 Å². The van der Waals surface area contributed by atoms with E-state index in [1.54, 1.807) is 6.07 Å². The summed E-state index contributed by atoms with van der Waals surface area (Å²) in [4.78, 5) is 2.34. The molecule has 20 heavy (non-hydrogen) atoms. The molecule has 1 unspecified atom stereocenters. The van der Waals surface area contributed by atoms with Crippen molar-refractivity contribution in [1.82, 2.24) is 4.90 Å². The average Bonchev–Trinajstić information content (AvgIpc) is 2.65. The molecule has 0 aliphatic heterocycles. The van der Waals surface area contributed by atoms with Gasteiger partial charge in [0.15, 0.2) is 0 Å². The topological polar surface area (TPSA) is 49.5 Å². The van der Waals surface area contributed by atoms with Gasteiger partial charge in [0.25, 0.3) is 0 Å². The molecule has 0 heterocycles. The van der Waals surface area contributed by atoms with E-state index in [2.05, 4.69) is 25.1 Å². The predicted octanol–water partition coefficient (Wildman–Crippen LogP) is 2.92. The van der Waals surface area contributed by atoms with Gasteiger partial charge in [0, 0.05) is 11.6 Å². The fraction of sp³-hybridized carbons (Fsp3) is 0.647. The fourth-order valence-electron chi connectivity index (χ4n) is 3.62. The van der Waals surface area contributed by atoms with Crippen LogP contribution in [0.15, 0.2) is 24.3 Å². The highest BCUT2D eigenvalue weighted by Gasteiger charge is 2.38. The minimum absolute atomic E-state index is 0.0992. The maximum Gasteiger partial charge on any atom is 0.115 e. The summed E-state index contributed by atoms with van der Waals surface area (Å²) >= 11 is 0. The second-order valence-electron chi connectivity index (χ2n) is 6.39. The molecule has 2 rings (SSSR count). The van der Waals surface area contributed by atoms with Crippen molar-refractivity contribution < 1.29 is 5.11 Å². The van der Waals surface area contributed by atoms with Crippen LogP contribution in [0.4, 0.5) is 0 Å². The molecule has 1 aromatic rings. The number of rotatable bonds is 4. The van der Waals surface area contributed by atoms with Crippen LogP contribution >= 0.6 is 0 Å². The Hall–Kier alpha value is -1.06. The molecule has 112 valence electrons. The SMILES string of the molecule is CN(C)C1(C(N)Cc2cccc(O)c2)CCCCCC1. The van der Waals surface area contributed by atoms with Gasteiger partial charge in [-0.2, -0.15) is 0 Å². The quantitative estimate of drug-likeness (QED) is 0.831. The van der Waals surface area contributed by atoms with Crippen LogP contribution in [-0.2, 0) is 6.42 Å². The van der Waals surface area contributed by atoms with E-state index in [0.717, 1.165) is 12.0 Å². The highest BCUT2D eigenvalue weighted by Crippen LogP contribution is 2.34. The van der Waals surface area contributed by atoms with Gasteiger partial charge in [0.05, 0.1) is 0 Å². The van der Waals surface area contributed by atoms with Crippen LogP contribution in [0.2, 0.25) is 0 Å². The van der Waals surface area contributed by atoms with Crippen molar-refractivity contribution in [3.05, 3.63) is 29.8 Å². The largest absolute Gasteiger partial charge is 0.508 e. The minimum Gasteiger partial charge on any atom is -0.508 e. The maximum absolute atomic E-state index is 9.60. The summed E-state index contributed by atoms with van der Waals surface area (Å²) in [6.07, 6.45) is 8.38. The van der Waals surface area contributed by atoms with Gasteiger partial charge in [0.2, 0.25) is 0 Å². The Morgan fingerprint density at radius 2 is 1.85 bits per heavy atom. The van der Waals surface area contributed by atoms with E-state index in [9.17, 15) is 5.11 Å². The molecule has 0 radical (unpaired) electrons. The van der Waals surface area contributed by atoms with Crippen LogP contribution in [0.1, 0.15) is 44.1 Å². The Labute approximate surface area is 122 Å². The summed E-state index contributed by atoms with van der Waals surface area (Å²) in [6.45, 7) is 0. The van der Waals surface area contributed by atoms with Crippen LogP contribution < -0.4 is 5.73 Å². The second kappa shape index (κ2) is 6.59. The summed E-state index contributed by atoms with van der Waals surface area (Å²) in [6, 6.07) is 7.60. The zero-order valence-electron chi connectivity index (χ0n) is 12.8. The average molecular weight is 276 g/mol. The molecule has 1 fully saturated rings. The van der Waals surface area contributed by atoms with Crippen molar-refractivity contribution >= 4 is 0 Å². The lowest BCUT2D eigenvalue weighted by Gasteiger charge is -2.44. The van der Waals surface area contributed by atoms with Gasteiger partial charge in [-0.05, 0) is 51.1 Å². The Balaban J connectivity index is 2.16. The van der Waals surface area contributed by atoms with Gasteiger partial charge >= 0.3 is 0 Å². The Morgan fingerprint density at radius 1 is 1.20 bits per heavy atom. The van der Waals surface area contributed by atoms with Gasteiger partial charge in [0.1, 0.15) is 5.75 Å². The Morgan fingerprint density at radius 3 is 2.40 bits per heavy atom. The number of phenolic OH excluding ortho intramolecular Hbond substituents is 1. The highest BCUT2D eigenvalue weighted by molar-refractivity contribution is 5.28. The molecule has 3 N–H and O–H groups in total. The Bertz CT molecular complexity index is 423. The number of phenols is 1. The summed E-state index contributed by atoms with van der Waals surface area (Å²) in [5.74, 6) is 0.328. The maximum atomic E-state index is 9.60. The second-order valence-corrected chi connectivity index (χ2v) is 6.39.